The van der Waals surface area contributed by atoms with Gasteiger partial charge in [-0.05, 0) is 0 Å². The maximum Gasteiger partial charge on any atom is 0 e. The predicted molar refractivity (Wildman–Crippen MR) is 5.61 cm³/mol. The van der Waals surface area contributed by atoms with Gasteiger partial charge in [0, 0.05) is 22.4 Å². The second-order valence-corrected chi connectivity index (χ2v) is 0.412. The summed E-state index contributed by atoms with van der Waals surface area (Å²) < 4.78 is 0. The average Bonchev–Trinajstić information content (AvgIpc) is 0.918. The van der Waals surface area contributed by atoms with Gasteiger partial charge in [-0.25, -0.2) is 0 Å². The molecule has 0 spiro atoms. The molecular weight excluding hydrogens is 170 g/mol. The molecule has 0 heterocycles. The van der Waals surface area contributed by atoms with Gasteiger partial charge in [0.2, 0.25) is 0 Å². The summed E-state index contributed by atoms with van der Waals surface area (Å²) in [6, 6.07) is 0. The van der Waals surface area contributed by atoms with Gasteiger partial charge in [-0.15, -0.1) is 0 Å². The van der Waals surface area contributed by atoms with Gasteiger partial charge in [-0.2, -0.15) is 0 Å². The van der Waals surface area contributed by atoms with E-state index < -0.39 is 0 Å². The maximum absolute atomic E-state index is 7.29. The Labute approximate surface area is 49.9 Å². The van der Waals surface area contributed by atoms with E-state index in [1.54, 1.807) is 22.2 Å². The molecule has 0 unspecified atom stereocenters. The first-order valence-electron chi connectivity index (χ1n) is 0.447. The van der Waals surface area contributed by atoms with Crippen molar-refractivity contribution < 1.29 is 39.8 Å². The molecule has 0 aliphatic rings. The first-order chi connectivity index (χ1) is 1.41. The summed E-state index contributed by atoms with van der Waals surface area (Å²) in [5.74, 6) is 0. The molecule has 1 nitrogen and oxygen atoms in total. The Morgan fingerprint density at radius 2 is 1.75 bits per heavy atom. The van der Waals surface area contributed by atoms with Crippen molar-refractivity contribution in [2.75, 3.05) is 0 Å². The van der Waals surface area contributed by atoms with Gasteiger partial charge in [0.15, 0.2) is 0 Å². The quantitative estimate of drug-likeness (QED) is 0.469. The molecule has 0 aliphatic carbocycles. The Morgan fingerprint density at radius 3 is 1.75 bits per heavy atom. The molecule has 0 saturated heterocycles. The number of nitriles is 1. The summed E-state index contributed by atoms with van der Waals surface area (Å²) in [4.78, 5) is 1.69. The van der Waals surface area contributed by atoms with Crippen molar-refractivity contribution >= 4 is 0 Å². The van der Waals surface area contributed by atoms with Crippen LogP contribution in [0.1, 0.15) is 0 Å². The third-order valence-electron chi connectivity index (χ3n) is 0. The minimum absolute atomic E-state index is 0. The van der Waals surface area contributed by atoms with Crippen LogP contribution >= 0.6 is 0 Å². The van der Waals surface area contributed by atoms with E-state index in [4.69, 9.17) is 5.26 Å². The van der Waals surface area contributed by atoms with Crippen LogP contribution in [-0.4, -0.2) is 0 Å². The van der Waals surface area contributed by atoms with E-state index in [-0.39, 0.29) is 22.4 Å². The summed E-state index contributed by atoms with van der Waals surface area (Å²) in [6.07, 6.45) is 0. The summed E-state index contributed by atoms with van der Waals surface area (Å²) in [5, 5.41) is 7.29. The molecule has 0 aromatic heterocycles. The van der Waals surface area contributed by atoms with Crippen molar-refractivity contribution in [2.24, 2.45) is 0 Å². The second-order valence-electron chi connectivity index (χ2n) is 0.100. The van der Waals surface area contributed by atoms with E-state index in [9.17, 15) is 0 Å². The normalized spacial score (nSPS) is 1.75. The van der Waals surface area contributed by atoms with Crippen LogP contribution in [0.4, 0.5) is 0 Å². The molecule has 0 bridgehead atoms. The maximum atomic E-state index is 7.29. The van der Waals surface area contributed by atoms with Gasteiger partial charge in [-0.3, -0.25) is 0 Å². The van der Waals surface area contributed by atoms with E-state index in [0.717, 1.165) is 0 Å². The van der Waals surface area contributed by atoms with Gasteiger partial charge in [0.25, 0.3) is 0 Å². The molecule has 0 aromatic rings. The van der Waals surface area contributed by atoms with E-state index in [0.29, 0.717) is 0 Å². The second kappa shape index (κ2) is 9.18. The van der Waals surface area contributed by atoms with Crippen molar-refractivity contribution in [1.29, 1.82) is 5.26 Å². The van der Waals surface area contributed by atoms with Crippen LogP contribution in [0.2, 0.25) is 0 Å². The zero-order valence-corrected chi connectivity index (χ0v) is 5.44. The van der Waals surface area contributed by atoms with Gasteiger partial charge in [0.05, 0.1) is 0 Å². The van der Waals surface area contributed by atoms with Crippen LogP contribution in [0, 0.1) is 10.0 Å². The van der Waals surface area contributed by atoms with Crippen LogP contribution in [0.5, 0.6) is 0 Å². The third-order valence-corrected chi connectivity index (χ3v) is 0. The van der Waals surface area contributed by atoms with Crippen molar-refractivity contribution in [3.05, 3.63) is 0 Å². The fourth-order valence-corrected chi connectivity index (χ4v) is 0. The summed E-state index contributed by atoms with van der Waals surface area (Å²) in [5.41, 5.74) is 0. The van der Waals surface area contributed by atoms with Crippen molar-refractivity contribution in [3.8, 4) is 4.78 Å². The minimum Gasteiger partial charge on any atom is 0 e. The first-order valence-corrected chi connectivity index (χ1v) is 1.15. The van der Waals surface area contributed by atoms with Crippen LogP contribution in [-0.2, 0) is 39.8 Å². The fraction of sp³-hybridized carbons (Fsp3) is 0. The number of hydrogen-bond donors (Lipinski definition) is 0. The fourth-order valence-electron chi connectivity index (χ4n) is 0. The molecule has 3 heteroatoms. The Hall–Kier alpha value is 0.815. The Kier molecular flexibility index (Phi) is 20.3. The van der Waals surface area contributed by atoms with E-state index >= 15 is 0 Å². The van der Waals surface area contributed by atoms with Crippen LogP contribution < -0.4 is 0 Å². The molecule has 0 aromatic carbocycles. The summed E-state index contributed by atoms with van der Waals surface area (Å²) in [7, 11) is 0. The molecule has 0 amide bonds. The molecule has 19 valence electrons. The molecule has 0 fully saturated rings. The topological polar surface area (TPSA) is 23.8 Å². The van der Waals surface area contributed by atoms with Crippen molar-refractivity contribution in [1.82, 2.24) is 0 Å². The number of hydrogen-bond acceptors (Lipinski definition) is 1. The smallest absolute Gasteiger partial charge is 0 e. The number of rotatable bonds is 0. The molecule has 0 aliphatic heterocycles. The number of nitrogens with zero attached hydrogens (tertiary/aromatic N) is 1. The predicted octanol–water partition coefficient (Wildman–Crippen LogP) is 0.0118. The molecular formula is CNNbV. The molecule has 0 N–H and O–H groups in total. The largest absolute Gasteiger partial charge is 0 e. The summed E-state index contributed by atoms with van der Waals surface area (Å²) in [6.45, 7) is 0. The van der Waals surface area contributed by atoms with Crippen molar-refractivity contribution in [3.63, 3.8) is 0 Å². The summed E-state index contributed by atoms with van der Waals surface area (Å²) >= 11 is 1.77. The Bertz CT molecular complexity index is 29.5. The molecule has 1 radical (unpaired) electrons. The average molecular weight is 170 g/mol. The minimum atomic E-state index is 0. The van der Waals surface area contributed by atoms with Gasteiger partial charge < -0.3 is 0 Å². The molecule has 0 rings (SSSR count). The van der Waals surface area contributed by atoms with Gasteiger partial charge in [-0.1, -0.05) is 0 Å². The zero-order chi connectivity index (χ0) is 2.71. The van der Waals surface area contributed by atoms with E-state index in [1.165, 1.54) is 0 Å². The van der Waals surface area contributed by atoms with Crippen LogP contribution in [0.25, 0.3) is 0 Å². The van der Waals surface area contributed by atoms with Gasteiger partial charge in [0.1, 0.15) is 0 Å². The molecule has 0 atom stereocenters. The standard InChI is InChI=1S/CN.Nb.V/c1-2;;. The van der Waals surface area contributed by atoms with Crippen LogP contribution in [0.15, 0.2) is 0 Å². The SMILES string of the molecule is N#[C][V].[Nb]. The van der Waals surface area contributed by atoms with E-state index in [1.807, 2.05) is 0 Å². The third kappa shape index (κ3) is 14.0. The van der Waals surface area contributed by atoms with Crippen LogP contribution in [0.3, 0.4) is 0 Å². The zero-order valence-electron chi connectivity index (χ0n) is 1.84. The van der Waals surface area contributed by atoms with Gasteiger partial charge >= 0.3 is 27.5 Å². The monoisotopic (exact) mass is 170 g/mol. The van der Waals surface area contributed by atoms with E-state index in [2.05, 4.69) is 0 Å². The van der Waals surface area contributed by atoms with Crippen molar-refractivity contribution in [2.45, 2.75) is 0 Å². The molecule has 4 heavy (non-hydrogen) atoms. The first kappa shape index (κ1) is 8.84. The Balaban J connectivity index is 0. The Morgan fingerprint density at radius 1 is 1.75 bits per heavy atom. The molecule has 0 saturated carbocycles.